The molecule has 2 aromatic carbocycles. The molecule has 3 aromatic rings. The molecule has 0 amide bonds. The van der Waals surface area contributed by atoms with Gasteiger partial charge in [-0.25, -0.2) is 0 Å². The van der Waals surface area contributed by atoms with Gasteiger partial charge in [0.05, 0.1) is 6.54 Å². The highest BCUT2D eigenvalue weighted by Crippen LogP contribution is 2.17. The van der Waals surface area contributed by atoms with Crippen LogP contribution in [0.15, 0.2) is 54.7 Å². The molecule has 0 aliphatic heterocycles. The molecule has 0 aliphatic carbocycles. The van der Waals surface area contributed by atoms with Crippen LogP contribution in [0.3, 0.4) is 0 Å². The summed E-state index contributed by atoms with van der Waals surface area (Å²) < 4.78 is 1.90. The minimum absolute atomic E-state index is 0.537. The highest BCUT2D eigenvalue weighted by molar-refractivity contribution is 7.80. The van der Waals surface area contributed by atoms with E-state index in [-0.39, 0.29) is 0 Å². The second kappa shape index (κ2) is 7.49. The van der Waals surface area contributed by atoms with Gasteiger partial charge in [-0.15, -0.1) is 0 Å². The van der Waals surface area contributed by atoms with Crippen molar-refractivity contribution < 1.29 is 0 Å². The third-order valence-electron chi connectivity index (χ3n) is 3.95. The molecular formula is C20H22N4S. The van der Waals surface area contributed by atoms with Crippen molar-refractivity contribution in [1.82, 2.24) is 9.78 Å². The first-order valence-corrected chi connectivity index (χ1v) is 8.65. The fourth-order valence-corrected chi connectivity index (χ4v) is 2.87. The molecule has 0 saturated heterocycles. The Hall–Kier alpha value is -2.66. The molecule has 0 spiro atoms. The van der Waals surface area contributed by atoms with E-state index in [2.05, 4.69) is 79.0 Å². The maximum atomic E-state index is 5.41. The van der Waals surface area contributed by atoms with Crippen molar-refractivity contribution in [3.63, 3.8) is 0 Å². The van der Waals surface area contributed by atoms with Crippen LogP contribution in [-0.4, -0.2) is 14.9 Å². The molecule has 0 bridgehead atoms. The molecule has 5 heteroatoms. The number of anilines is 2. The zero-order chi connectivity index (χ0) is 17.8. The number of thiocarbonyl (C=S) groups is 1. The summed E-state index contributed by atoms with van der Waals surface area (Å²) in [4.78, 5) is 0. The maximum absolute atomic E-state index is 5.41. The van der Waals surface area contributed by atoms with E-state index in [1.165, 1.54) is 16.7 Å². The van der Waals surface area contributed by atoms with Crippen LogP contribution in [0.1, 0.15) is 22.3 Å². The molecule has 128 valence electrons. The van der Waals surface area contributed by atoms with Crippen LogP contribution in [0.4, 0.5) is 11.5 Å². The summed E-state index contributed by atoms with van der Waals surface area (Å²) in [5.41, 5.74) is 5.84. The topological polar surface area (TPSA) is 41.9 Å². The first-order chi connectivity index (χ1) is 12.0. The number of nitrogens with one attached hydrogen (secondary N) is 2. The third-order valence-corrected chi connectivity index (χ3v) is 4.15. The molecular weight excluding hydrogens is 328 g/mol. The van der Waals surface area contributed by atoms with Crippen LogP contribution in [0.5, 0.6) is 0 Å². The third kappa shape index (κ3) is 4.67. The number of nitrogens with zero attached hydrogens (tertiary/aromatic N) is 2. The maximum Gasteiger partial charge on any atom is 0.176 e. The predicted octanol–water partition coefficient (Wildman–Crippen LogP) is 4.67. The molecule has 25 heavy (non-hydrogen) atoms. The van der Waals surface area contributed by atoms with Gasteiger partial charge in [0.25, 0.3) is 0 Å². The van der Waals surface area contributed by atoms with Crippen LogP contribution in [0.25, 0.3) is 0 Å². The van der Waals surface area contributed by atoms with Crippen molar-refractivity contribution in [2.45, 2.75) is 27.3 Å². The molecule has 1 aromatic heterocycles. The molecule has 0 unspecified atom stereocenters. The first kappa shape index (κ1) is 17.2. The van der Waals surface area contributed by atoms with Gasteiger partial charge in [0.2, 0.25) is 0 Å². The zero-order valence-electron chi connectivity index (χ0n) is 14.7. The van der Waals surface area contributed by atoms with Crippen molar-refractivity contribution in [2.24, 2.45) is 0 Å². The van der Waals surface area contributed by atoms with Crippen molar-refractivity contribution in [1.29, 1.82) is 0 Å². The summed E-state index contributed by atoms with van der Waals surface area (Å²) in [6.45, 7) is 6.95. The van der Waals surface area contributed by atoms with Gasteiger partial charge < -0.3 is 10.6 Å². The smallest absolute Gasteiger partial charge is 0.176 e. The first-order valence-electron chi connectivity index (χ1n) is 8.24. The molecule has 4 nitrogen and oxygen atoms in total. The lowest BCUT2D eigenvalue weighted by Crippen LogP contribution is -2.20. The van der Waals surface area contributed by atoms with E-state index >= 15 is 0 Å². The normalized spacial score (nSPS) is 10.5. The number of benzene rings is 2. The average molecular weight is 350 g/mol. The van der Waals surface area contributed by atoms with Crippen LogP contribution < -0.4 is 10.6 Å². The number of aromatic nitrogens is 2. The fraction of sp³-hybridized carbons (Fsp3) is 0.200. The van der Waals surface area contributed by atoms with Crippen LogP contribution in [-0.2, 0) is 6.54 Å². The molecule has 0 radical (unpaired) electrons. The lowest BCUT2D eigenvalue weighted by atomic mass is 10.1. The second-order valence-electron chi connectivity index (χ2n) is 6.29. The summed E-state index contributed by atoms with van der Waals surface area (Å²) in [6.07, 6.45) is 1.95. The van der Waals surface area contributed by atoms with Gasteiger partial charge >= 0.3 is 0 Å². The van der Waals surface area contributed by atoms with E-state index in [0.717, 1.165) is 23.6 Å². The molecule has 0 saturated carbocycles. The Morgan fingerprint density at radius 1 is 1.00 bits per heavy atom. The highest BCUT2D eigenvalue weighted by Gasteiger charge is 2.05. The lowest BCUT2D eigenvalue weighted by molar-refractivity contribution is 0.689. The standard InChI is InChI=1S/C20H22N4S/c1-14-5-4-6-17(11-14)13-24-10-9-19(23-24)22-20(25)21-18-12-15(2)7-8-16(18)3/h4-12H,13H2,1-3H3,(H2,21,22,23,25). The quantitative estimate of drug-likeness (QED) is 0.671. The minimum Gasteiger partial charge on any atom is -0.332 e. The monoisotopic (exact) mass is 350 g/mol. The molecule has 0 fully saturated rings. The highest BCUT2D eigenvalue weighted by atomic mass is 32.1. The molecule has 0 aliphatic rings. The Morgan fingerprint density at radius 2 is 1.80 bits per heavy atom. The summed E-state index contributed by atoms with van der Waals surface area (Å²) in [5.74, 6) is 0.732. The van der Waals surface area contributed by atoms with E-state index in [1.807, 2.05) is 16.9 Å². The van der Waals surface area contributed by atoms with Gasteiger partial charge in [-0.3, -0.25) is 4.68 Å². The lowest BCUT2D eigenvalue weighted by Gasteiger charge is -2.12. The van der Waals surface area contributed by atoms with Crippen LogP contribution in [0.2, 0.25) is 0 Å². The zero-order valence-corrected chi connectivity index (χ0v) is 15.5. The Labute approximate surface area is 153 Å². The van der Waals surface area contributed by atoms with E-state index in [0.29, 0.717) is 5.11 Å². The van der Waals surface area contributed by atoms with Crippen molar-refractivity contribution in [2.75, 3.05) is 10.6 Å². The minimum atomic E-state index is 0.537. The number of hydrogen-bond acceptors (Lipinski definition) is 2. The fourth-order valence-electron chi connectivity index (χ4n) is 2.65. The molecule has 0 atom stereocenters. The van der Waals surface area contributed by atoms with Gasteiger partial charge in [0.15, 0.2) is 10.9 Å². The largest absolute Gasteiger partial charge is 0.332 e. The van der Waals surface area contributed by atoms with Gasteiger partial charge in [-0.05, 0) is 55.7 Å². The Bertz CT molecular complexity index is 898. The van der Waals surface area contributed by atoms with Crippen molar-refractivity contribution in [3.05, 3.63) is 77.0 Å². The summed E-state index contributed by atoms with van der Waals surface area (Å²) in [7, 11) is 0. The van der Waals surface area contributed by atoms with Crippen molar-refractivity contribution >= 4 is 28.8 Å². The summed E-state index contributed by atoms with van der Waals surface area (Å²) in [5, 5.41) is 11.5. The van der Waals surface area contributed by atoms with Gasteiger partial charge in [-0.2, -0.15) is 5.10 Å². The Morgan fingerprint density at radius 3 is 2.60 bits per heavy atom. The molecule has 1 heterocycles. The summed E-state index contributed by atoms with van der Waals surface area (Å²) >= 11 is 5.41. The SMILES string of the molecule is Cc1cccc(Cn2ccc(NC(=S)Nc3cc(C)ccc3C)n2)c1. The average Bonchev–Trinajstić information content (AvgIpc) is 2.97. The molecule has 3 rings (SSSR count). The van der Waals surface area contributed by atoms with E-state index in [9.17, 15) is 0 Å². The van der Waals surface area contributed by atoms with E-state index < -0.39 is 0 Å². The number of rotatable bonds is 4. The number of hydrogen-bond donors (Lipinski definition) is 2. The van der Waals surface area contributed by atoms with E-state index in [4.69, 9.17) is 12.2 Å². The van der Waals surface area contributed by atoms with Gasteiger partial charge in [0.1, 0.15) is 0 Å². The van der Waals surface area contributed by atoms with Gasteiger partial charge in [-0.1, -0.05) is 42.0 Å². The molecule has 2 N–H and O–H groups in total. The van der Waals surface area contributed by atoms with E-state index in [1.54, 1.807) is 0 Å². The van der Waals surface area contributed by atoms with Crippen LogP contribution >= 0.6 is 12.2 Å². The number of aryl methyl sites for hydroxylation is 3. The Balaban J connectivity index is 1.62. The van der Waals surface area contributed by atoms with Crippen LogP contribution in [0, 0.1) is 20.8 Å². The van der Waals surface area contributed by atoms with Gasteiger partial charge in [0, 0.05) is 18.0 Å². The second-order valence-corrected chi connectivity index (χ2v) is 6.69. The Kier molecular flexibility index (Phi) is 5.14. The van der Waals surface area contributed by atoms with Crippen molar-refractivity contribution in [3.8, 4) is 0 Å². The predicted molar refractivity (Wildman–Crippen MR) is 108 cm³/mol. The summed E-state index contributed by atoms with van der Waals surface area (Å²) in [6, 6.07) is 16.6.